The van der Waals surface area contributed by atoms with E-state index in [4.69, 9.17) is 4.74 Å². The van der Waals surface area contributed by atoms with Crippen molar-refractivity contribution in [3.8, 4) is 11.4 Å². The summed E-state index contributed by atoms with van der Waals surface area (Å²) in [6.07, 6.45) is 6.64. The number of ether oxygens (including phenoxy) is 1. The van der Waals surface area contributed by atoms with Crippen LogP contribution in [-0.2, 0) is 0 Å². The molecule has 0 aliphatic heterocycles. The number of hydrogen-bond donors (Lipinski definition) is 0. The largest absolute Gasteiger partial charge is 0.497 e. The zero-order valence-corrected chi connectivity index (χ0v) is 12.7. The van der Waals surface area contributed by atoms with E-state index < -0.39 is 0 Å². The molecule has 2 aromatic carbocycles. The van der Waals surface area contributed by atoms with E-state index in [0.717, 1.165) is 17.0 Å². The fourth-order valence-electron chi connectivity index (χ4n) is 2.16. The maximum Gasteiger partial charge on any atom is 0.189 e. The summed E-state index contributed by atoms with van der Waals surface area (Å²) < 4.78 is 6.80. The van der Waals surface area contributed by atoms with Gasteiger partial charge in [0.05, 0.1) is 24.6 Å². The van der Waals surface area contributed by atoms with Gasteiger partial charge in [-0.05, 0) is 35.9 Å². The number of benzene rings is 2. The lowest BCUT2D eigenvalue weighted by molar-refractivity contribution is 0.104. The Hall–Kier alpha value is -3.14. The lowest BCUT2D eigenvalue weighted by atomic mass is 10.1. The van der Waals surface area contributed by atoms with Crippen molar-refractivity contribution in [1.29, 1.82) is 0 Å². The molecule has 0 atom stereocenters. The molecule has 0 aliphatic rings. The Morgan fingerprint density at radius 1 is 1.09 bits per heavy atom. The number of hydrogen-bond acceptors (Lipinski definition) is 3. The summed E-state index contributed by atoms with van der Waals surface area (Å²) >= 11 is 0. The number of carbonyl (C=O) groups is 1. The van der Waals surface area contributed by atoms with Gasteiger partial charge in [0.15, 0.2) is 5.78 Å². The average molecular weight is 304 g/mol. The van der Waals surface area contributed by atoms with Gasteiger partial charge in [-0.2, -0.15) is 5.10 Å². The van der Waals surface area contributed by atoms with Gasteiger partial charge >= 0.3 is 0 Å². The molecule has 0 radical (unpaired) electrons. The molecule has 3 rings (SSSR count). The minimum Gasteiger partial charge on any atom is -0.497 e. The van der Waals surface area contributed by atoms with E-state index in [9.17, 15) is 4.79 Å². The maximum atomic E-state index is 12.2. The molecule has 0 fully saturated rings. The van der Waals surface area contributed by atoms with E-state index in [-0.39, 0.29) is 5.78 Å². The zero-order valence-electron chi connectivity index (χ0n) is 12.7. The maximum absolute atomic E-state index is 12.2. The number of rotatable bonds is 5. The highest BCUT2D eigenvalue weighted by Crippen LogP contribution is 2.13. The summed E-state index contributed by atoms with van der Waals surface area (Å²) in [6.45, 7) is 0. The van der Waals surface area contributed by atoms with Crippen LogP contribution in [0.1, 0.15) is 15.9 Å². The highest BCUT2D eigenvalue weighted by atomic mass is 16.5. The molecule has 0 bridgehead atoms. The quantitative estimate of drug-likeness (QED) is 0.532. The van der Waals surface area contributed by atoms with Gasteiger partial charge in [0, 0.05) is 6.20 Å². The van der Waals surface area contributed by atoms with Crippen LogP contribution in [0.4, 0.5) is 0 Å². The van der Waals surface area contributed by atoms with Crippen molar-refractivity contribution in [3.05, 3.63) is 84.2 Å². The second kappa shape index (κ2) is 6.75. The van der Waals surface area contributed by atoms with Gasteiger partial charge in [0.1, 0.15) is 5.75 Å². The van der Waals surface area contributed by atoms with Gasteiger partial charge in [-0.1, -0.05) is 36.4 Å². The summed E-state index contributed by atoms with van der Waals surface area (Å²) in [6, 6.07) is 17.2. The van der Waals surface area contributed by atoms with E-state index in [1.54, 1.807) is 36.3 Å². The van der Waals surface area contributed by atoms with Crippen LogP contribution in [0.5, 0.6) is 5.75 Å². The molecule has 23 heavy (non-hydrogen) atoms. The van der Waals surface area contributed by atoms with Crippen LogP contribution >= 0.6 is 0 Å². The van der Waals surface area contributed by atoms with Crippen molar-refractivity contribution < 1.29 is 9.53 Å². The van der Waals surface area contributed by atoms with Crippen molar-refractivity contribution in [2.24, 2.45) is 0 Å². The van der Waals surface area contributed by atoms with Crippen LogP contribution in [-0.4, -0.2) is 22.7 Å². The van der Waals surface area contributed by atoms with Crippen molar-refractivity contribution in [2.45, 2.75) is 0 Å². The second-order valence-corrected chi connectivity index (χ2v) is 4.98. The Morgan fingerprint density at radius 3 is 2.52 bits per heavy atom. The Balaban J connectivity index is 1.73. The van der Waals surface area contributed by atoms with Crippen LogP contribution in [0.3, 0.4) is 0 Å². The van der Waals surface area contributed by atoms with Gasteiger partial charge in [-0.15, -0.1) is 0 Å². The lowest BCUT2D eigenvalue weighted by Gasteiger charge is -1.99. The third kappa shape index (κ3) is 3.55. The molecule has 0 amide bonds. The Labute approximate surface area is 134 Å². The summed E-state index contributed by atoms with van der Waals surface area (Å²) in [7, 11) is 1.62. The van der Waals surface area contributed by atoms with Crippen LogP contribution in [0.2, 0.25) is 0 Å². The summed E-state index contributed by atoms with van der Waals surface area (Å²) in [4.78, 5) is 12.2. The van der Waals surface area contributed by atoms with Crippen molar-refractivity contribution in [3.63, 3.8) is 0 Å². The Kier molecular flexibility index (Phi) is 4.34. The van der Waals surface area contributed by atoms with Gasteiger partial charge in [-0.3, -0.25) is 4.79 Å². The monoisotopic (exact) mass is 304 g/mol. The number of allylic oxidation sites excluding steroid dienone is 1. The van der Waals surface area contributed by atoms with Gasteiger partial charge < -0.3 is 4.74 Å². The zero-order chi connectivity index (χ0) is 16.1. The number of ketones is 1. The number of para-hydroxylation sites is 1. The summed E-state index contributed by atoms with van der Waals surface area (Å²) in [5.41, 5.74) is 2.42. The Bertz CT molecular complexity index is 818. The lowest BCUT2D eigenvalue weighted by Crippen LogP contribution is -1.94. The summed E-state index contributed by atoms with van der Waals surface area (Å²) in [5.74, 6) is 0.709. The first-order valence-corrected chi connectivity index (χ1v) is 7.23. The molecule has 0 aliphatic carbocycles. The average Bonchev–Trinajstić information content (AvgIpc) is 3.11. The minimum atomic E-state index is -0.0806. The molecule has 1 heterocycles. The fourth-order valence-corrected chi connectivity index (χ4v) is 2.16. The number of carbonyl (C=O) groups excluding carboxylic acids is 1. The number of nitrogens with zero attached hydrogens (tertiary/aromatic N) is 2. The molecule has 114 valence electrons. The molecule has 0 saturated carbocycles. The predicted molar refractivity (Wildman–Crippen MR) is 89.9 cm³/mol. The highest BCUT2D eigenvalue weighted by molar-refractivity contribution is 6.06. The molecule has 1 aromatic heterocycles. The molecular weight excluding hydrogens is 288 g/mol. The van der Waals surface area contributed by atoms with Crippen molar-refractivity contribution in [2.75, 3.05) is 7.11 Å². The molecule has 0 saturated heterocycles. The van der Waals surface area contributed by atoms with E-state index >= 15 is 0 Å². The van der Waals surface area contributed by atoms with Crippen molar-refractivity contribution >= 4 is 11.9 Å². The normalized spacial score (nSPS) is 10.8. The van der Waals surface area contributed by atoms with Gasteiger partial charge in [0.2, 0.25) is 0 Å². The molecule has 3 aromatic rings. The van der Waals surface area contributed by atoms with Crippen molar-refractivity contribution in [1.82, 2.24) is 9.78 Å². The van der Waals surface area contributed by atoms with Gasteiger partial charge in [-0.25, -0.2) is 4.68 Å². The summed E-state index contributed by atoms with van der Waals surface area (Å²) in [5, 5.41) is 4.23. The van der Waals surface area contributed by atoms with Crippen LogP contribution < -0.4 is 4.74 Å². The smallest absolute Gasteiger partial charge is 0.189 e. The van der Waals surface area contributed by atoms with Crippen LogP contribution in [0, 0.1) is 0 Å². The highest BCUT2D eigenvalue weighted by Gasteiger charge is 2.06. The first kappa shape index (κ1) is 14.8. The van der Waals surface area contributed by atoms with Crippen LogP contribution in [0.15, 0.2) is 73.1 Å². The van der Waals surface area contributed by atoms with E-state index in [2.05, 4.69) is 5.10 Å². The molecule has 0 spiro atoms. The number of methoxy groups -OCH3 is 1. The first-order valence-electron chi connectivity index (χ1n) is 7.23. The first-order chi connectivity index (χ1) is 11.3. The standard InChI is InChI=1S/C19H16N2O2/c1-23-18-10-7-15(8-11-18)9-12-19(22)16-13-20-21(14-16)17-5-3-2-4-6-17/h2-14H,1H3/b12-9+. The third-order valence-corrected chi connectivity index (χ3v) is 3.43. The van der Waals surface area contributed by atoms with Crippen LogP contribution in [0.25, 0.3) is 11.8 Å². The molecule has 0 N–H and O–H groups in total. The van der Waals surface area contributed by atoms with Gasteiger partial charge in [0.25, 0.3) is 0 Å². The topological polar surface area (TPSA) is 44.1 Å². The third-order valence-electron chi connectivity index (χ3n) is 3.43. The molecule has 4 heteroatoms. The van der Waals surface area contributed by atoms with E-state index in [0.29, 0.717) is 5.56 Å². The van der Waals surface area contributed by atoms with E-state index in [1.807, 2.05) is 54.6 Å². The molecule has 4 nitrogen and oxygen atoms in total. The molecule has 0 unspecified atom stereocenters. The molecular formula is C19H16N2O2. The Morgan fingerprint density at radius 2 is 1.83 bits per heavy atom. The minimum absolute atomic E-state index is 0.0806. The SMILES string of the molecule is COc1ccc(/C=C/C(=O)c2cnn(-c3ccccc3)c2)cc1. The predicted octanol–water partition coefficient (Wildman–Crippen LogP) is 3.78. The van der Waals surface area contributed by atoms with E-state index in [1.165, 1.54) is 0 Å². The fraction of sp³-hybridized carbons (Fsp3) is 0.0526. The number of aromatic nitrogens is 2. The second-order valence-electron chi connectivity index (χ2n) is 4.98.